The molecule has 0 aromatic heterocycles. The number of methoxy groups -OCH3 is 1. The Bertz CT molecular complexity index is 670. The van der Waals surface area contributed by atoms with Crippen molar-refractivity contribution in [2.75, 3.05) is 26.9 Å². The minimum absolute atomic E-state index is 0.233. The van der Waals surface area contributed by atoms with E-state index in [1.165, 1.54) is 0 Å². The molecular weight excluding hydrogens is 322 g/mol. The van der Waals surface area contributed by atoms with Crippen LogP contribution in [0.2, 0.25) is 0 Å². The van der Waals surface area contributed by atoms with Gasteiger partial charge in [-0.05, 0) is 36.2 Å². The predicted octanol–water partition coefficient (Wildman–Crippen LogP) is 1.98. The van der Waals surface area contributed by atoms with Crippen molar-refractivity contribution in [2.45, 2.75) is 6.42 Å². The maximum absolute atomic E-state index is 11.7. The van der Waals surface area contributed by atoms with E-state index in [0.717, 1.165) is 11.3 Å². The van der Waals surface area contributed by atoms with Crippen molar-refractivity contribution >= 4 is 11.9 Å². The van der Waals surface area contributed by atoms with E-state index in [4.69, 9.17) is 14.2 Å². The molecule has 0 aliphatic rings. The highest BCUT2D eigenvalue weighted by atomic mass is 16.6. The van der Waals surface area contributed by atoms with E-state index in [-0.39, 0.29) is 19.1 Å². The molecule has 1 amide bonds. The molecule has 0 unspecified atom stereocenters. The van der Waals surface area contributed by atoms with Crippen LogP contribution in [0.3, 0.4) is 0 Å². The summed E-state index contributed by atoms with van der Waals surface area (Å²) in [5.74, 6) is 0.427. The van der Waals surface area contributed by atoms with Gasteiger partial charge in [0.2, 0.25) is 0 Å². The summed E-state index contributed by atoms with van der Waals surface area (Å²) in [6.45, 7) is -0.0913. The smallest absolute Gasteiger partial charge is 0.344 e. The van der Waals surface area contributed by atoms with Crippen LogP contribution in [-0.4, -0.2) is 38.7 Å². The minimum Gasteiger partial charge on any atom is -0.497 e. The minimum atomic E-state index is -0.589. The summed E-state index contributed by atoms with van der Waals surface area (Å²) in [7, 11) is 1.61. The molecule has 0 saturated carbocycles. The molecule has 0 aliphatic heterocycles. The van der Waals surface area contributed by atoms with E-state index in [2.05, 4.69) is 5.32 Å². The van der Waals surface area contributed by atoms with Gasteiger partial charge >= 0.3 is 5.97 Å². The molecule has 0 heterocycles. The van der Waals surface area contributed by atoms with Crippen molar-refractivity contribution in [1.29, 1.82) is 0 Å². The number of para-hydroxylation sites is 1. The molecule has 2 aromatic rings. The zero-order valence-corrected chi connectivity index (χ0v) is 14.1. The molecule has 1 N–H and O–H groups in total. The van der Waals surface area contributed by atoms with Crippen molar-refractivity contribution in [3.05, 3.63) is 60.2 Å². The van der Waals surface area contributed by atoms with Crippen LogP contribution >= 0.6 is 0 Å². The van der Waals surface area contributed by atoms with E-state index >= 15 is 0 Å². The molecular formula is C19H21NO5. The molecule has 25 heavy (non-hydrogen) atoms. The summed E-state index contributed by atoms with van der Waals surface area (Å²) in [5.41, 5.74) is 1.08. The molecule has 6 nitrogen and oxygen atoms in total. The Labute approximate surface area is 146 Å². The number of hydrogen-bond acceptors (Lipinski definition) is 5. The number of nitrogens with one attached hydrogen (secondary N) is 1. The van der Waals surface area contributed by atoms with E-state index in [1.54, 1.807) is 31.4 Å². The van der Waals surface area contributed by atoms with Gasteiger partial charge in [-0.3, -0.25) is 4.79 Å². The van der Waals surface area contributed by atoms with Crippen molar-refractivity contribution in [3.8, 4) is 11.5 Å². The molecule has 2 aromatic carbocycles. The Morgan fingerprint density at radius 3 is 2.32 bits per heavy atom. The zero-order valence-electron chi connectivity index (χ0n) is 14.1. The molecule has 0 atom stereocenters. The normalized spacial score (nSPS) is 9.96. The van der Waals surface area contributed by atoms with E-state index in [0.29, 0.717) is 18.7 Å². The van der Waals surface area contributed by atoms with Crippen LogP contribution in [0.4, 0.5) is 0 Å². The number of esters is 1. The number of amides is 1. The van der Waals surface area contributed by atoms with Gasteiger partial charge in [0.05, 0.1) is 7.11 Å². The second-order valence-corrected chi connectivity index (χ2v) is 5.21. The van der Waals surface area contributed by atoms with Gasteiger partial charge in [0.1, 0.15) is 11.5 Å². The number of carbonyl (C=O) groups is 2. The van der Waals surface area contributed by atoms with E-state index < -0.39 is 5.97 Å². The van der Waals surface area contributed by atoms with Gasteiger partial charge < -0.3 is 19.5 Å². The van der Waals surface area contributed by atoms with E-state index in [1.807, 2.05) is 30.3 Å². The average molecular weight is 343 g/mol. The van der Waals surface area contributed by atoms with Gasteiger partial charge in [0, 0.05) is 6.54 Å². The molecule has 132 valence electrons. The SMILES string of the molecule is COc1ccc(CCNC(=O)COC(=O)COc2ccccc2)cc1. The first-order chi connectivity index (χ1) is 12.2. The van der Waals surface area contributed by atoms with Gasteiger partial charge in [-0.2, -0.15) is 0 Å². The standard InChI is InChI=1S/C19H21NO5/c1-23-16-9-7-15(8-10-16)11-12-20-18(21)13-25-19(22)14-24-17-5-3-2-4-6-17/h2-10H,11-14H2,1H3,(H,20,21). The van der Waals surface area contributed by atoms with Crippen LogP contribution in [0.15, 0.2) is 54.6 Å². The van der Waals surface area contributed by atoms with Gasteiger partial charge in [-0.1, -0.05) is 30.3 Å². The lowest BCUT2D eigenvalue weighted by Crippen LogP contribution is -2.31. The largest absolute Gasteiger partial charge is 0.497 e. The second-order valence-electron chi connectivity index (χ2n) is 5.21. The number of benzene rings is 2. The van der Waals surface area contributed by atoms with Crippen molar-refractivity contribution in [3.63, 3.8) is 0 Å². The van der Waals surface area contributed by atoms with Crippen LogP contribution in [0.5, 0.6) is 11.5 Å². The lowest BCUT2D eigenvalue weighted by Gasteiger charge is -2.08. The molecule has 0 spiro atoms. The van der Waals surface area contributed by atoms with Crippen LogP contribution < -0.4 is 14.8 Å². The third-order valence-electron chi connectivity index (χ3n) is 3.36. The second kappa shape index (κ2) is 9.97. The fraction of sp³-hybridized carbons (Fsp3) is 0.263. The fourth-order valence-corrected chi connectivity index (χ4v) is 2.04. The summed E-state index contributed by atoms with van der Waals surface area (Å²) < 4.78 is 15.2. The number of carbonyl (C=O) groups excluding carboxylic acids is 2. The number of ether oxygens (including phenoxy) is 3. The maximum Gasteiger partial charge on any atom is 0.344 e. The van der Waals surface area contributed by atoms with Crippen LogP contribution in [0, 0.1) is 0 Å². The molecule has 0 bridgehead atoms. The predicted molar refractivity (Wildman–Crippen MR) is 92.6 cm³/mol. The highest BCUT2D eigenvalue weighted by Crippen LogP contribution is 2.11. The van der Waals surface area contributed by atoms with E-state index in [9.17, 15) is 9.59 Å². The molecule has 0 saturated heterocycles. The zero-order chi connectivity index (χ0) is 17.9. The molecule has 0 fully saturated rings. The molecule has 0 radical (unpaired) electrons. The number of rotatable bonds is 9. The summed E-state index contributed by atoms with van der Waals surface area (Å²) in [6.07, 6.45) is 0.681. The van der Waals surface area contributed by atoms with Crippen LogP contribution in [-0.2, 0) is 20.7 Å². The van der Waals surface area contributed by atoms with Gasteiger partial charge in [-0.15, -0.1) is 0 Å². The van der Waals surface area contributed by atoms with Crippen molar-refractivity contribution in [2.24, 2.45) is 0 Å². The van der Waals surface area contributed by atoms with Gasteiger partial charge in [0.25, 0.3) is 5.91 Å². The highest BCUT2D eigenvalue weighted by molar-refractivity contribution is 5.80. The Kier molecular flexibility index (Phi) is 7.31. The Morgan fingerprint density at radius 2 is 1.64 bits per heavy atom. The fourth-order valence-electron chi connectivity index (χ4n) is 2.04. The lowest BCUT2D eigenvalue weighted by molar-refractivity contribution is -0.150. The molecule has 2 rings (SSSR count). The lowest BCUT2D eigenvalue weighted by atomic mass is 10.1. The number of hydrogen-bond donors (Lipinski definition) is 1. The third kappa shape index (κ3) is 6.95. The molecule has 0 aliphatic carbocycles. The Balaban J connectivity index is 1.59. The van der Waals surface area contributed by atoms with Crippen molar-refractivity contribution < 1.29 is 23.8 Å². The Morgan fingerprint density at radius 1 is 0.920 bits per heavy atom. The summed E-state index contributed by atoms with van der Waals surface area (Å²) in [4.78, 5) is 23.2. The third-order valence-corrected chi connectivity index (χ3v) is 3.36. The monoisotopic (exact) mass is 343 g/mol. The quantitative estimate of drug-likeness (QED) is 0.705. The maximum atomic E-state index is 11.7. The topological polar surface area (TPSA) is 73.9 Å². The first-order valence-corrected chi connectivity index (χ1v) is 7.90. The van der Waals surface area contributed by atoms with Crippen molar-refractivity contribution in [1.82, 2.24) is 5.32 Å². The molecule has 6 heteroatoms. The summed E-state index contributed by atoms with van der Waals surface area (Å²) in [5, 5.41) is 2.70. The Hall–Kier alpha value is -3.02. The summed E-state index contributed by atoms with van der Waals surface area (Å²) >= 11 is 0. The highest BCUT2D eigenvalue weighted by Gasteiger charge is 2.08. The van der Waals surface area contributed by atoms with Gasteiger partial charge in [-0.25, -0.2) is 4.79 Å². The van der Waals surface area contributed by atoms with Gasteiger partial charge in [0.15, 0.2) is 13.2 Å². The first-order valence-electron chi connectivity index (χ1n) is 7.90. The van der Waals surface area contributed by atoms with Crippen LogP contribution in [0.1, 0.15) is 5.56 Å². The average Bonchev–Trinajstić information content (AvgIpc) is 2.66. The summed E-state index contributed by atoms with van der Waals surface area (Å²) in [6, 6.07) is 16.5. The first kappa shape index (κ1) is 18.3. The van der Waals surface area contributed by atoms with Crippen LogP contribution in [0.25, 0.3) is 0 Å².